The quantitative estimate of drug-likeness (QED) is 0.834. The molecular weight excluding hydrogens is 294 g/mol. The second kappa shape index (κ2) is 7.62. The number of likely N-dealkylation sites (tertiary alicyclic amines) is 1. The Hall–Kier alpha value is -1.85. The van der Waals surface area contributed by atoms with Crippen LogP contribution >= 0.6 is 0 Å². The summed E-state index contributed by atoms with van der Waals surface area (Å²) in [7, 11) is 1.55. The Bertz CT molecular complexity index is 532. The average molecular weight is 319 g/mol. The molecule has 2 heterocycles. The molecule has 1 aromatic heterocycles. The number of piperidine rings is 1. The van der Waals surface area contributed by atoms with Gasteiger partial charge in [0.25, 0.3) is 0 Å². The van der Waals surface area contributed by atoms with E-state index in [1.54, 1.807) is 19.5 Å². The minimum Gasteiger partial charge on any atom is -0.480 e. The number of hydrogen-bond donors (Lipinski definition) is 0. The average Bonchev–Trinajstić information content (AvgIpc) is 3.08. The standard InChI is InChI=1S/C17H25N3O3/c1-22-15-10-18-11-16(19-15)23-14-7-4-8-20(12-14)17(21)9-13-5-2-3-6-13/h10-11,13-14H,2-9,12H2,1H3. The molecule has 1 aliphatic heterocycles. The third-order valence-electron chi connectivity index (χ3n) is 4.76. The highest BCUT2D eigenvalue weighted by atomic mass is 16.5. The summed E-state index contributed by atoms with van der Waals surface area (Å²) in [4.78, 5) is 22.7. The van der Waals surface area contributed by atoms with Crippen molar-refractivity contribution in [2.45, 2.75) is 51.0 Å². The van der Waals surface area contributed by atoms with Gasteiger partial charge < -0.3 is 14.4 Å². The summed E-state index contributed by atoms with van der Waals surface area (Å²) < 4.78 is 11.0. The van der Waals surface area contributed by atoms with Gasteiger partial charge in [0.1, 0.15) is 6.10 Å². The van der Waals surface area contributed by atoms with E-state index in [0.29, 0.717) is 30.6 Å². The van der Waals surface area contributed by atoms with Gasteiger partial charge in [-0.1, -0.05) is 12.8 Å². The van der Waals surface area contributed by atoms with Gasteiger partial charge in [0.05, 0.1) is 26.0 Å². The molecule has 2 fully saturated rings. The number of methoxy groups -OCH3 is 1. The van der Waals surface area contributed by atoms with E-state index in [9.17, 15) is 4.79 Å². The zero-order valence-electron chi connectivity index (χ0n) is 13.7. The van der Waals surface area contributed by atoms with Gasteiger partial charge in [0.2, 0.25) is 17.7 Å². The Morgan fingerprint density at radius 2 is 2.00 bits per heavy atom. The Morgan fingerprint density at radius 3 is 2.78 bits per heavy atom. The van der Waals surface area contributed by atoms with E-state index in [1.165, 1.54) is 25.7 Å². The highest BCUT2D eigenvalue weighted by Gasteiger charge is 2.27. The first-order chi connectivity index (χ1) is 11.2. The van der Waals surface area contributed by atoms with Gasteiger partial charge in [-0.25, -0.2) is 0 Å². The zero-order valence-corrected chi connectivity index (χ0v) is 13.7. The van der Waals surface area contributed by atoms with E-state index in [0.717, 1.165) is 19.4 Å². The topological polar surface area (TPSA) is 64.6 Å². The Morgan fingerprint density at radius 1 is 1.22 bits per heavy atom. The molecule has 0 spiro atoms. The monoisotopic (exact) mass is 319 g/mol. The number of carbonyl (C=O) groups is 1. The molecule has 1 atom stereocenters. The molecule has 0 bridgehead atoms. The summed E-state index contributed by atoms with van der Waals surface area (Å²) in [5.74, 6) is 1.77. The molecule has 1 unspecified atom stereocenters. The van der Waals surface area contributed by atoms with Crippen LogP contribution < -0.4 is 9.47 Å². The van der Waals surface area contributed by atoms with Crippen LogP contribution in [-0.2, 0) is 4.79 Å². The third-order valence-corrected chi connectivity index (χ3v) is 4.76. The maximum atomic E-state index is 12.5. The van der Waals surface area contributed by atoms with Crippen LogP contribution in [0.3, 0.4) is 0 Å². The van der Waals surface area contributed by atoms with Crippen LogP contribution in [0.5, 0.6) is 11.8 Å². The highest BCUT2D eigenvalue weighted by molar-refractivity contribution is 5.76. The summed E-state index contributed by atoms with van der Waals surface area (Å²) in [6, 6.07) is 0. The summed E-state index contributed by atoms with van der Waals surface area (Å²) in [5.41, 5.74) is 0. The molecule has 1 saturated heterocycles. The minimum absolute atomic E-state index is 0.0160. The van der Waals surface area contributed by atoms with Gasteiger partial charge >= 0.3 is 0 Å². The predicted molar refractivity (Wildman–Crippen MR) is 85.4 cm³/mol. The molecule has 2 aliphatic rings. The number of nitrogens with zero attached hydrogens (tertiary/aromatic N) is 3. The SMILES string of the molecule is COc1cncc(OC2CCCN(C(=O)CC3CCCC3)C2)n1. The van der Waals surface area contributed by atoms with E-state index >= 15 is 0 Å². The molecule has 23 heavy (non-hydrogen) atoms. The first kappa shape index (κ1) is 16.0. The summed E-state index contributed by atoms with van der Waals surface area (Å²) in [5, 5.41) is 0. The van der Waals surface area contributed by atoms with Crippen molar-refractivity contribution in [3.8, 4) is 11.8 Å². The van der Waals surface area contributed by atoms with Crippen LogP contribution in [0.15, 0.2) is 12.4 Å². The maximum Gasteiger partial charge on any atom is 0.235 e. The van der Waals surface area contributed by atoms with Gasteiger partial charge in [0.15, 0.2) is 0 Å². The maximum absolute atomic E-state index is 12.5. The fourth-order valence-corrected chi connectivity index (χ4v) is 3.51. The van der Waals surface area contributed by atoms with Crippen molar-refractivity contribution in [1.82, 2.24) is 14.9 Å². The van der Waals surface area contributed by atoms with Crippen LogP contribution in [0.2, 0.25) is 0 Å². The second-order valence-electron chi connectivity index (χ2n) is 6.48. The smallest absolute Gasteiger partial charge is 0.235 e. The molecule has 6 nitrogen and oxygen atoms in total. The molecule has 0 N–H and O–H groups in total. The fraction of sp³-hybridized carbons (Fsp3) is 0.706. The van der Waals surface area contributed by atoms with Crippen LogP contribution in [0.4, 0.5) is 0 Å². The van der Waals surface area contributed by atoms with Crippen LogP contribution in [0.25, 0.3) is 0 Å². The zero-order chi connectivity index (χ0) is 16.1. The van der Waals surface area contributed by atoms with Crippen molar-refractivity contribution in [1.29, 1.82) is 0 Å². The normalized spacial score (nSPS) is 22.1. The Kier molecular flexibility index (Phi) is 5.31. The first-order valence-electron chi connectivity index (χ1n) is 8.55. The van der Waals surface area contributed by atoms with E-state index in [-0.39, 0.29) is 12.0 Å². The summed E-state index contributed by atoms with van der Waals surface area (Å²) >= 11 is 0. The molecule has 126 valence electrons. The highest BCUT2D eigenvalue weighted by Crippen LogP contribution is 2.28. The van der Waals surface area contributed by atoms with Crippen molar-refractivity contribution in [2.24, 2.45) is 5.92 Å². The lowest BCUT2D eigenvalue weighted by Crippen LogP contribution is -2.44. The van der Waals surface area contributed by atoms with Crippen LogP contribution in [-0.4, -0.2) is 47.1 Å². The lowest BCUT2D eigenvalue weighted by molar-refractivity contribution is -0.134. The molecule has 0 aromatic carbocycles. The fourth-order valence-electron chi connectivity index (χ4n) is 3.51. The lowest BCUT2D eigenvalue weighted by atomic mass is 10.0. The van der Waals surface area contributed by atoms with E-state index in [2.05, 4.69) is 9.97 Å². The number of aromatic nitrogens is 2. The molecule has 6 heteroatoms. The molecular formula is C17H25N3O3. The second-order valence-corrected chi connectivity index (χ2v) is 6.48. The van der Waals surface area contributed by atoms with Crippen molar-refractivity contribution in [3.05, 3.63) is 12.4 Å². The number of hydrogen-bond acceptors (Lipinski definition) is 5. The Balaban J connectivity index is 1.53. The number of carbonyl (C=O) groups excluding carboxylic acids is 1. The number of amides is 1. The predicted octanol–water partition coefficient (Wildman–Crippen LogP) is 2.44. The van der Waals surface area contributed by atoms with Crippen molar-refractivity contribution in [2.75, 3.05) is 20.2 Å². The number of ether oxygens (including phenoxy) is 2. The van der Waals surface area contributed by atoms with Crippen molar-refractivity contribution < 1.29 is 14.3 Å². The molecule has 1 saturated carbocycles. The van der Waals surface area contributed by atoms with Gasteiger partial charge in [0, 0.05) is 13.0 Å². The van der Waals surface area contributed by atoms with Gasteiger partial charge in [-0.2, -0.15) is 4.98 Å². The summed E-state index contributed by atoms with van der Waals surface area (Å²) in [6.45, 7) is 1.49. The molecule has 1 aromatic rings. The van der Waals surface area contributed by atoms with Gasteiger partial charge in [-0.15, -0.1) is 0 Å². The minimum atomic E-state index is -0.0160. The largest absolute Gasteiger partial charge is 0.480 e. The van der Waals surface area contributed by atoms with E-state index in [1.807, 2.05) is 4.90 Å². The molecule has 1 aliphatic carbocycles. The van der Waals surface area contributed by atoms with Gasteiger partial charge in [-0.05, 0) is 31.6 Å². The van der Waals surface area contributed by atoms with Gasteiger partial charge in [-0.3, -0.25) is 9.78 Å². The van der Waals surface area contributed by atoms with Crippen molar-refractivity contribution in [3.63, 3.8) is 0 Å². The van der Waals surface area contributed by atoms with Crippen LogP contribution in [0.1, 0.15) is 44.9 Å². The van der Waals surface area contributed by atoms with E-state index in [4.69, 9.17) is 9.47 Å². The molecule has 1 amide bonds. The first-order valence-corrected chi connectivity index (χ1v) is 8.55. The lowest BCUT2D eigenvalue weighted by Gasteiger charge is -2.33. The number of rotatable bonds is 5. The van der Waals surface area contributed by atoms with Crippen molar-refractivity contribution >= 4 is 5.91 Å². The molecule has 3 rings (SSSR count). The Labute approximate surface area is 137 Å². The molecule has 0 radical (unpaired) electrons. The van der Waals surface area contributed by atoms with Crippen LogP contribution in [0, 0.1) is 5.92 Å². The van der Waals surface area contributed by atoms with E-state index < -0.39 is 0 Å². The third kappa shape index (κ3) is 4.33. The summed E-state index contributed by atoms with van der Waals surface area (Å²) in [6.07, 6.45) is 10.7.